The highest BCUT2D eigenvalue weighted by atomic mass is 16.5. The van der Waals surface area contributed by atoms with Gasteiger partial charge in [0, 0.05) is 11.6 Å². The highest BCUT2D eigenvalue weighted by Crippen LogP contribution is 2.15. The van der Waals surface area contributed by atoms with Gasteiger partial charge in [-0.15, -0.1) is 0 Å². The van der Waals surface area contributed by atoms with Crippen LogP contribution in [0.25, 0.3) is 0 Å². The molecule has 1 aromatic carbocycles. The van der Waals surface area contributed by atoms with Gasteiger partial charge in [0.1, 0.15) is 0 Å². The molecule has 0 saturated carbocycles. The van der Waals surface area contributed by atoms with Gasteiger partial charge in [-0.2, -0.15) is 0 Å². The Labute approximate surface area is 65.6 Å². The predicted molar refractivity (Wildman–Crippen MR) is 42.8 cm³/mol. The van der Waals surface area contributed by atoms with E-state index in [2.05, 4.69) is 5.11 Å². The third kappa shape index (κ3) is 1.55. The minimum atomic E-state index is 0.606. The van der Waals surface area contributed by atoms with Crippen LogP contribution in [0.3, 0.4) is 0 Å². The van der Waals surface area contributed by atoms with Crippen LogP contribution in [0.4, 0.5) is 5.69 Å². The van der Waals surface area contributed by atoms with Gasteiger partial charge in [-0.1, -0.05) is 23.1 Å². The van der Waals surface area contributed by atoms with Crippen molar-refractivity contribution in [2.45, 2.75) is 6.92 Å². The van der Waals surface area contributed by atoms with E-state index in [1.54, 1.807) is 6.07 Å². The summed E-state index contributed by atoms with van der Waals surface area (Å²) in [5, 5.41) is 14.5. The molecule has 0 aliphatic carbocycles. The van der Waals surface area contributed by atoms with Gasteiger partial charge in [0.25, 0.3) is 0 Å². The molecule has 3 heteroatoms. The second kappa shape index (κ2) is 3.14. The van der Waals surface area contributed by atoms with Gasteiger partial charge in [-0.05, 0) is 12.0 Å². The van der Waals surface area contributed by atoms with Crippen molar-refractivity contribution >= 4 is 5.69 Å². The summed E-state index contributed by atoms with van der Waals surface area (Å²) >= 11 is 0. The molecule has 0 amide bonds. The maximum atomic E-state index is 11.0. The zero-order valence-electron chi connectivity index (χ0n) is 6.61. The number of rotatable bonds is 1. The summed E-state index contributed by atoms with van der Waals surface area (Å²) in [6.45, 7) is 1.88. The molecule has 0 aliphatic rings. The third-order valence-electron chi connectivity index (χ3n) is 1.50. The van der Waals surface area contributed by atoms with E-state index < -0.39 is 0 Å². The van der Waals surface area contributed by atoms with Crippen LogP contribution in [0.2, 0.25) is 0 Å². The van der Waals surface area contributed by atoms with Crippen molar-refractivity contribution < 1.29 is 4.86 Å². The first-order valence-electron chi connectivity index (χ1n) is 3.38. The zero-order valence-corrected chi connectivity index (χ0v) is 6.61. The SMILES string of the molecule is CN=[N+]([O-])c1ccccc1C. The Morgan fingerprint density at radius 1 is 1.36 bits per heavy atom. The molecule has 0 fully saturated rings. The fourth-order valence-corrected chi connectivity index (χ4v) is 0.886. The van der Waals surface area contributed by atoms with Gasteiger partial charge in [-0.25, -0.2) is 0 Å². The van der Waals surface area contributed by atoms with Gasteiger partial charge in [-0.3, -0.25) is 0 Å². The number of hydrogen-bond acceptors (Lipinski definition) is 2. The molecule has 0 unspecified atom stereocenters. The number of nitrogens with zero attached hydrogens (tertiary/aromatic N) is 2. The van der Waals surface area contributed by atoms with Gasteiger partial charge >= 0.3 is 0 Å². The van der Waals surface area contributed by atoms with Crippen LogP contribution in [-0.4, -0.2) is 11.9 Å². The average Bonchev–Trinajstić information content (AvgIpc) is 2.04. The molecule has 1 rings (SSSR count). The molecule has 0 bridgehead atoms. The zero-order chi connectivity index (χ0) is 8.27. The first-order valence-corrected chi connectivity index (χ1v) is 3.38. The largest absolute Gasteiger partial charge is 0.594 e. The Morgan fingerprint density at radius 3 is 2.55 bits per heavy atom. The first kappa shape index (κ1) is 7.72. The molecule has 0 aromatic heterocycles. The molecule has 0 aliphatic heterocycles. The summed E-state index contributed by atoms with van der Waals surface area (Å²) in [5.41, 5.74) is 1.54. The standard InChI is InChI=1S/C8H10N2O/c1-7-5-3-4-6-8(7)10(11)9-2/h3-6H,1-2H3. The summed E-state index contributed by atoms with van der Waals surface area (Å²) in [6.07, 6.45) is 0. The van der Waals surface area contributed by atoms with Crippen molar-refractivity contribution in [3.8, 4) is 0 Å². The molecule has 0 atom stereocenters. The number of aryl methyl sites for hydroxylation is 1. The van der Waals surface area contributed by atoms with Crippen LogP contribution in [-0.2, 0) is 0 Å². The van der Waals surface area contributed by atoms with Crippen LogP contribution in [0.1, 0.15) is 5.56 Å². The van der Waals surface area contributed by atoms with Gasteiger partial charge in [0.15, 0.2) is 0 Å². The van der Waals surface area contributed by atoms with Crippen LogP contribution >= 0.6 is 0 Å². The molecule has 0 saturated heterocycles. The third-order valence-corrected chi connectivity index (χ3v) is 1.50. The topological polar surface area (TPSA) is 38.4 Å². The Kier molecular flexibility index (Phi) is 2.21. The first-order chi connectivity index (χ1) is 5.25. The fraction of sp³-hybridized carbons (Fsp3) is 0.250. The summed E-state index contributed by atoms with van der Waals surface area (Å²) in [5.74, 6) is 0. The van der Waals surface area contributed by atoms with E-state index in [9.17, 15) is 5.21 Å². The Bertz CT molecular complexity index is 281. The molecule has 3 nitrogen and oxygen atoms in total. The van der Waals surface area contributed by atoms with Gasteiger partial charge in [0.05, 0.1) is 7.05 Å². The van der Waals surface area contributed by atoms with Gasteiger partial charge < -0.3 is 5.21 Å². The van der Waals surface area contributed by atoms with Crippen molar-refractivity contribution in [1.29, 1.82) is 0 Å². The number of para-hydroxylation sites is 1. The van der Waals surface area contributed by atoms with E-state index in [1.807, 2.05) is 25.1 Å². The number of hydrogen-bond donors (Lipinski definition) is 0. The van der Waals surface area contributed by atoms with Crippen LogP contribution in [0.15, 0.2) is 29.4 Å². The maximum Gasteiger partial charge on any atom is 0.247 e. The summed E-state index contributed by atoms with van der Waals surface area (Å²) < 4.78 is 0. The molecule has 1 aromatic rings. The molecule has 0 radical (unpaired) electrons. The smallest absolute Gasteiger partial charge is 0.247 e. The molecule has 0 spiro atoms. The molecule has 11 heavy (non-hydrogen) atoms. The second-order valence-corrected chi connectivity index (χ2v) is 2.26. The van der Waals surface area contributed by atoms with E-state index in [-0.39, 0.29) is 0 Å². The summed E-state index contributed by atoms with van der Waals surface area (Å²) in [7, 11) is 1.47. The van der Waals surface area contributed by atoms with E-state index in [4.69, 9.17) is 0 Å². The molecule has 0 N–H and O–H groups in total. The Balaban J connectivity index is 3.14. The van der Waals surface area contributed by atoms with Crippen molar-refractivity contribution in [3.63, 3.8) is 0 Å². The predicted octanol–water partition coefficient (Wildman–Crippen LogP) is 2.22. The van der Waals surface area contributed by atoms with E-state index >= 15 is 0 Å². The minimum absolute atomic E-state index is 0.606. The van der Waals surface area contributed by atoms with Crippen molar-refractivity contribution in [1.82, 2.24) is 0 Å². The van der Waals surface area contributed by atoms with Crippen molar-refractivity contribution in [2.24, 2.45) is 5.11 Å². The lowest BCUT2D eigenvalue weighted by Gasteiger charge is -2.00. The lowest BCUT2D eigenvalue weighted by Crippen LogP contribution is -1.92. The monoisotopic (exact) mass is 150 g/mol. The average molecular weight is 150 g/mol. The molecule has 58 valence electrons. The summed E-state index contributed by atoms with van der Waals surface area (Å²) in [4.78, 5) is 0.620. The van der Waals surface area contributed by atoms with E-state index in [0.29, 0.717) is 10.5 Å². The molecular weight excluding hydrogens is 140 g/mol. The van der Waals surface area contributed by atoms with Gasteiger partial charge in [0.2, 0.25) is 5.69 Å². The Hall–Kier alpha value is -1.38. The second-order valence-electron chi connectivity index (χ2n) is 2.26. The highest BCUT2D eigenvalue weighted by molar-refractivity contribution is 5.38. The summed E-state index contributed by atoms with van der Waals surface area (Å²) in [6, 6.07) is 7.33. The van der Waals surface area contributed by atoms with Crippen molar-refractivity contribution in [2.75, 3.05) is 7.05 Å². The van der Waals surface area contributed by atoms with Crippen LogP contribution in [0, 0.1) is 12.1 Å². The molecular formula is C8H10N2O. The van der Waals surface area contributed by atoms with E-state index in [1.165, 1.54) is 7.05 Å². The maximum absolute atomic E-state index is 11.0. The highest BCUT2D eigenvalue weighted by Gasteiger charge is 2.03. The van der Waals surface area contributed by atoms with E-state index in [0.717, 1.165) is 5.56 Å². The van der Waals surface area contributed by atoms with Crippen LogP contribution < -0.4 is 0 Å². The number of azo groups is 1. The fourth-order valence-electron chi connectivity index (χ4n) is 0.886. The molecule has 0 heterocycles. The normalized spacial score (nSPS) is 11.6. The lowest BCUT2D eigenvalue weighted by atomic mass is 10.2. The van der Waals surface area contributed by atoms with Crippen LogP contribution in [0.5, 0.6) is 0 Å². The quantitative estimate of drug-likeness (QED) is 0.343. The lowest BCUT2D eigenvalue weighted by molar-refractivity contribution is -0.440. The number of benzene rings is 1. The minimum Gasteiger partial charge on any atom is -0.594 e. The van der Waals surface area contributed by atoms with Crippen molar-refractivity contribution in [3.05, 3.63) is 35.0 Å². The Morgan fingerprint density at radius 2 is 2.00 bits per heavy atom.